The van der Waals surface area contributed by atoms with E-state index in [-0.39, 0.29) is 17.5 Å². The molecule has 1 fully saturated rings. The second kappa shape index (κ2) is 5.34. The predicted molar refractivity (Wildman–Crippen MR) is 64.5 cm³/mol. The number of hydrogen-bond acceptors (Lipinski definition) is 2. The van der Waals surface area contributed by atoms with Crippen molar-refractivity contribution in [3.8, 4) is 0 Å². The van der Waals surface area contributed by atoms with Gasteiger partial charge in [-0.2, -0.15) is 0 Å². The van der Waals surface area contributed by atoms with Crippen LogP contribution < -0.4 is 5.32 Å². The van der Waals surface area contributed by atoms with Crippen LogP contribution in [0.5, 0.6) is 0 Å². The second-order valence-corrected chi connectivity index (χ2v) is 4.55. The summed E-state index contributed by atoms with van der Waals surface area (Å²) in [5, 5.41) is 2.70. The van der Waals surface area contributed by atoms with Gasteiger partial charge in [-0.05, 0) is 24.6 Å². The second-order valence-electron chi connectivity index (χ2n) is 4.55. The van der Waals surface area contributed by atoms with Crippen LogP contribution in [-0.4, -0.2) is 35.8 Å². The van der Waals surface area contributed by atoms with E-state index in [1.165, 1.54) is 13.0 Å². The van der Waals surface area contributed by atoms with Gasteiger partial charge in [-0.1, -0.05) is 0 Å². The first-order chi connectivity index (χ1) is 8.97. The molecule has 1 atom stereocenters. The highest BCUT2D eigenvalue weighted by molar-refractivity contribution is 5.94. The van der Waals surface area contributed by atoms with Gasteiger partial charge in [-0.15, -0.1) is 0 Å². The van der Waals surface area contributed by atoms with E-state index in [0.717, 1.165) is 12.1 Å². The maximum Gasteiger partial charge on any atom is 0.251 e. The number of halogens is 2. The first kappa shape index (κ1) is 13.5. The average molecular weight is 268 g/mol. The Kier molecular flexibility index (Phi) is 3.78. The third-order valence-corrected chi connectivity index (χ3v) is 3.15. The van der Waals surface area contributed by atoms with Crippen molar-refractivity contribution in [2.45, 2.75) is 19.4 Å². The maximum absolute atomic E-state index is 13.0. The van der Waals surface area contributed by atoms with E-state index in [2.05, 4.69) is 5.32 Å². The molecule has 1 aromatic rings. The SMILES string of the molecule is CC(=O)N1CCC(NC(=O)c2ccc(F)c(F)c2)C1. The lowest BCUT2D eigenvalue weighted by atomic mass is 10.1. The fraction of sp³-hybridized carbons (Fsp3) is 0.385. The minimum Gasteiger partial charge on any atom is -0.347 e. The Morgan fingerprint density at radius 3 is 2.63 bits per heavy atom. The quantitative estimate of drug-likeness (QED) is 0.879. The fourth-order valence-electron chi connectivity index (χ4n) is 2.07. The van der Waals surface area contributed by atoms with Gasteiger partial charge in [0.15, 0.2) is 11.6 Å². The van der Waals surface area contributed by atoms with Crippen molar-refractivity contribution < 1.29 is 18.4 Å². The average Bonchev–Trinajstić information content (AvgIpc) is 2.81. The van der Waals surface area contributed by atoms with Crippen LogP contribution in [0.3, 0.4) is 0 Å². The number of carbonyl (C=O) groups excluding carboxylic acids is 2. The van der Waals surface area contributed by atoms with Crippen LogP contribution >= 0.6 is 0 Å². The van der Waals surface area contributed by atoms with Crippen LogP contribution in [-0.2, 0) is 4.79 Å². The Morgan fingerprint density at radius 2 is 2.05 bits per heavy atom. The Morgan fingerprint density at radius 1 is 1.32 bits per heavy atom. The molecule has 1 aliphatic heterocycles. The van der Waals surface area contributed by atoms with E-state index >= 15 is 0 Å². The summed E-state index contributed by atoms with van der Waals surface area (Å²) in [6.07, 6.45) is 0.662. The molecule has 0 spiro atoms. The minimum atomic E-state index is -1.05. The highest BCUT2D eigenvalue weighted by atomic mass is 19.2. The third kappa shape index (κ3) is 3.07. The monoisotopic (exact) mass is 268 g/mol. The molecular formula is C13H14F2N2O2. The Balaban J connectivity index is 1.98. The van der Waals surface area contributed by atoms with E-state index in [1.807, 2.05) is 0 Å². The van der Waals surface area contributed by atoms with Crippen LogP contribution in [0.4, 0.5) is 8.78 Å². The highest BCUT2D eigenvalue weighted by Crippen LogP contribution is 2.12. The van der Waals surface area contributed by atoms with Crippen molar-refractivity contribution in [2.75, 3.05) is 13.1 Å². The zero-order valence-corrected chi connectivity index (χ0v) is 10.5. The Labute approximate surface area is 109 Å². The van der Waals surface area contributed by atoms with Crippen molar-refractivity contribution in [3.05, 3.63) is 35.4 Å². The normalized spacial score (nSPS) is 18.5. The van der Waals surface area contributed by atoms with Crippen molar-refractivity contribution in [1.29, 1.82) is 0 Å². The molecule has 1 aliphatic rings. The largest absolute Gasteiger partial charge is 0.347 e. The van der Waals surface area contributed by atoms with Gasteiger partial charge in [-0.25, -0.2) is 8.78 Å². The number of amides is 2. The molecule has 102 valence electrons. The molecule has 1 N–H and O–H groups in total. The molecule has 4 nitrogen and oxygen atoms in total. The molecule has 0 aliphatic carbocycles. The number of benzene rings is 1. The lowest BCUT2D eigenvalue weighted by Gasteiger charge is -2.15. The molecule has 0 aromatic heterocycles. The summed E-state index contributed by atoms with van der Waals surface area (Å²) in [4.78, 5) is 24.6. The van der Waals surface area contributed by atoms with E-state index < -0.39 is 17.5 Å². The van der Waals surface area contributed by atoms with Crippen LogP contribution in [0.1, 0.15) is 23.7 Å². The molecule has 0 bridgehead atoms. The van der Waals surface area contributed by atoms with Gasteiger partial charge in [0.1, 0.15) is 0 Å². The molecule has 6 heteroatoms. The summed E-state index contributed by atoms with van der Waals surface area (Å²) in [5.74, 6) is -2.54. The first-order valence-electron chi connectivity index (χ1n) is 5.99. The molecule has 1 unspecified atom stereocenters. The smallest absolute Gasteiger partial charge is 0.251 e. The van der Waals surface area contributed by atoms with Crippen molar-refractivity contribution in [2.24, 2.45) is 0 Å². The number of hydrogen-bond donors (Lipinski definition) is 1. The zero-order valence-electron chi connectivity index (χ0n) is 10.5. The van der Waals surface area contributed by atoms with Gasteiger partial charge in [0, 0.05) is 31.6 Å². The van der Waals surface area contributed by atoms with Gasteiger partial charge >= 0.3 is 0 Å². The van der Waals surface area contributed by atoms with E-state index in [0.29, 0.717) is 19.5 Å². The molecule has 1 saturated heterocycles. The minimum absolute atomic E-state index is 0.0374. The van der Waals surface area contributed by atoms with Gasteiger partial charge in [0.05, 0.1) is 0 Å². The molecular weight excluding hydrogens is 254 g/mol. The van der Waals surface area contributed by atoms with Crippen LogP contribution in [0, 0.1) is 11.6 Å². The summed E-state index contributed by atoms with van der Waals surface area (Å²) in [6.45, 7) is 2.52. The van der Waals surface area contributed by atoms with E-state index in [4.69, 9.17) is 0 Å². The van der Waals surface area contributed by atoms with Crippen LogP contribution in [0.15, 0.2) is 18.2 Å². The van der Waals surface area contributed by atoms with E-state index in [1.54, 1.807) is 4.90 Å². The van der Waals surface area contributed by atoms with Crippen LogP contribution in [0.25, 0.3) is 0 Å². The van der Waals surface area contributed by atoms with Crippen molar-refractivity contribution in [3.63, 3.8) is 0 Å². The fourth-order valence-corrected chi connectivity index (χ4v) is 2.07. The topological polar surface area (TPSA) is 49.4 Å². The number of rotatable bonds is 2. The van der Waals surface area contributed by atoms with Crippen molar-refractivity contribution >= 4 is 11.8 Å². The number of likely N-dealkylation sites (tertiary alicyclic amines) is 1. The Hall–Kier alpha value is -1.98. The van der Waals surface area contributed by atoms with Gasteiger partial charge in [-0.3, -0.25) is 9.59 Å². The summed E-state index contributed by atoms with van der Waals surface area (Å²) in [6, 6.07) is 2.86. The maximum atomic E-state index is 13.0. The van der Waals surface area contributed by atoms with Crippen molar-refractivity contribution in [1.82, 2.24) is 10.2 Å². The molecule has 2 amide bonds. The lowest BCUT2D eigenvalue weighted by Crippen LogP contribution is -2.38. The first-order valence-corrected chi connectivity index (χ1v) is 5.99. The molecule has 0 saturated carbocycles. The molecule has 19 heavy (non-hydrogen) atoms. The molecule has 2 rings (SSSR count). The summed E-state index contributed by atoms with van der Waals surface area (Å²) >= 11 is 0. The predicted octanol–water partition coefficient (Wildman–Crippen LogP) is 1.32. The van der Waals surface area contributed by atoms with Gasteiger partial charge in [0.25, 0.3) is 5.91 Å². The van der Waals surface area contributed by atoms with Gasteiger partial charge < -0.3 is 10.2 Å². The highest BCUT2D eigenvalue weighted by Gasteiger charge is 2.25. The summed E-state index contributed by atoms with van der Waals surface area (Å²) < 4.78 is 25.8. The summed E-state index contributed by atoms with van der Waals surface area (Å²) in [7, 11) is 0. The molecule has 1 heterocycles. The van der Waals surface area contributed by atoms with Gasteiger partial charge in [0.2, 0.25) is 5.91 Å². The van der Waals surface area contributed by atoms with E-state index in [9.17, 15) is 18.4 Å². The Bertz CT molecular complexity index is 519. The lowest BCUT2D eigenvalue weighted by molar-refractivity contribution is -0.127. The zero-order chi connectivity index (χ0) is 14.0. The standard InChI is InChI=1S/C13H14F2N2O2/c1-8(18)17-5-4-10(7-17)16-13(19)9-2-3-11(14)12(15)6-9/h2-3,6,10H,4-5,7H2,1H3,(H,16,19). The third-order valence-electron chi connectivity index (χ3n) is 3.15. The molecule has 1 aromatic carbocycles. The summed E-state index contributed by atoms with van der Waals surface area (Å²) in [5.41, 5.74) is 0.0696. The number of nitrogens with zero attached hydrogens (tertiary/aromatic N) is 1. The molecule has 0 radical (unpaired) electrons. The number of nitrogens with one attached hydrogen (secondary N) is 1. The van der Waals surface area contributed by atoms with Crippen LogP contribution in [0.2, 0.25) is 0 Å². The number of carbonyl (C=O) groups is 2.